The highest BCUT2D eigenvalue weighted by atomic mass is 16.3. The number of amidine groups is 1. The Morgan fingerprint density at radius 2 is 1.11 bits per heavy atom. The third kappa shape index (κ3) is 5.86. The van der Waals surface area contributed by atoms with E-state index in [1.165, 1.54) is 27.1 Å². The molecule has 12 aromatic rings. The first-order valence-corrected chi connectivity index (χ1v) is 22.2. The molecule has 0 fully saturated rings. The summed E-state index contributed by atoms with van der Waals surface area (Å²) in [6.45, 7) is 2.23. The molecule has 0 aliphatic carbocycles. The number of nitrogens with zero attached hydrogens (tertiary/aromatic N) is 4. The molecule has 0 saturated carbocycles. The van der Waals surface area contributed by atoms with Crippen molar-refractivity contribution in [2.24, 2.45) is 9.98 Å². The fourth-order valence-corrected chi connectivity index (χ4v) is 10.2. The van der Waals surface area contributed by atoms with Gasteiger partial charge >= 0.3 is 0 Å². The summed E-state index contributed by atoms with van der Waals surface area (Å²) in [5.74, 6) is 0.702. The van der Waals surface area contributed by atoms with Gasteiger partial charge in [-0.15, -0.1) is 0 Å². The second-order valence-electron chi connectivity index (χ2n) is 16.9. The predicted molar refractivity (Wildman–Crippen MR) is 271 cm³/mol. The Morgan fingerprint density at radius 3 is 1.91 bits per heavy atom. The first-order valence-electron chi connectivity index (χ1n) is 22.2. The molecular weight excluding hydrogens is 793 g/mol. The summed E-state index contributed by atoms with van der Waals surface area (Å²) >= 11 is 0. The van der Waals surface area contributed by atoms with Gasteiger partial charge in [-0.1, -0.05) is 170 Å². The summed E-state index contributed by atoms with van der Waals surface area (Å²) < 4.78 is 11.5. The van der Waals surface area contributed by atoms with Crippen LogP contribution < -0.4 is 0 Å². The SMILES string of the molecule is Cc1cc(C2=NC(c3ccccc3-c3ccccc3)=NC(c3ccccc3)=CC2)ccc1-n1c2ccccc2c2ccc3c(c4ccccc4n3-c3cccc4c3oc3ccccc34)c21. The molecule has 13 rings (SSSR count). The number of hydrogen-bond acceptors (Lipinski definition) is 3. The number of aryl methyl sites for hydroxylation is 1. The summed E-state index contributed by atoms with van der Waals surface area (Å²) in [4.78, 5) is 10.8. The Hall–Kier alpha value is -8.54. The number of aliphatic imine (C=N–C) groups is 2. The Kier molecular flexibility index (Phi) is 8.43. The van der Waals surface area contributed by atoms with Crippen molar-refractivity contribution in [1.29, 1.82) is 0 Å². The molecule has 0 saturated heterocycles. The molecule has 0 spiro atoms. The van der Waals surface area contributed by atoms with E-state index in [0.29, 0.717) is 12.3 Å². The van der Waals surface area contributed by atoms with Crippen molar-refractivity contribution in [3.8, 4) is 22.5 Å². The number of rotatable bonds is 6. The predicted octanol–water partition coefficient (Wildman–Crippen LogP) is 15.4. The largest absolute Gasteiger partial charge is 0.454 e. The maximum absolute atomic E-state index is 6.66. The van der Waals surface area contributed by atoms with Crippen LogP contribution in [0.25, 0.3) is 93.7 Å². The number of aromatic nitrogens is 2. The van der Waals surface area contributed by atoms with Crippen LogP contribution in [0.15, 0.2) is 227 Å². The van der Waals surface area contributed by atoms with Crippen LogP contribution in [0.1, 0.15) is 28.7 Å². The number of furan rings is 1. The van der Waals surface area contributed by atoms with Gasteiger partial charge in [0.2, 0.25) is 0 Å². The van der Waals surface area contributed by atoms with Crippen LogP contribution >= 0.6 is 0 Å². The topological polar surface area (TPSA) is 47.7 Å². The van der Waals surface area contributed by atoms with E-state index in [2.05, 4.69) is 216 Å². The van der Waals surface area contributed by atoms with Gasteiger partial charge in [-0.25, -0.2) is 9.98 Å². The zero-order valence-corrected chi connectivity index (χ0v) is 35.6. The normalized spacial score (nSPS) is 13.2. The van der Waals surface area contributed by atoms with Crippen molar-refractivity contribution in [3.05, 3.63) is 235 Å². The molecular formula is C60H40N4O. The summed E-state index contributed by atoms with van der Waals surface area (Å²) in [6, 6.07) is 73.3. The maximum atomic E-state index is 6.66. The van der Waals surface area contributed by atoms with Crippen LogP contribution in [-0.4, -0.2) is 20.7 Å². The zero-order chi connectivity index (χ0) is 43.0. The highest BCUT2D eigenvalue weighted by Crippen LogP contribution is 2.44. The van der Waals surface area contributed by atoms with E-state index in [0.717, 1.165) is 94.7 Å². The lowest BCUT2D eigenvalue weighted by Gasteiger charge is -2.15. The molecule has 65 heavy (non-hydrogen) atoms. The third-order valence-corrected chi connectivity index (χ3v) is 13.1. The van der Waals surface area contributed by atoms with Gasteiger partial charge in [0.15, 0.2) is 11.4 Å². The van der Waals surface area contributed by atoms with Crippen molar-refractivity contribution in [3.63, 3.8) is 0 Å². The van der Waals surface area contributed by atoms with E-state index < -0.39 is 0 Å². The average molecular weight is 833 g/mol. The molecule has 0 unspecified atom stereocenters. The molecule has 3 aromatic heterocycles. The van der Waals surface area contributed by atoms with Crippen molar-refractivity contribution >= 4 is 82.8 Å². The fourth-order valence-electron chi connectivity index (χ4n) is 10.2. The number of benzene rings is 9. The monoisotopic (exact) mass is 832 g/mol. The van der Waals surface area contributed by atoms with Crippen LogP contribution in [0, 0.1) is 6.92 Å². The quantitative estimate of drug-likeness (QED) is 0.165. The minimum atomic E-state index is 0.636. The van der Waals surface area contributed by atoms with Crippen molar-refractivity contribution in [2.45, 2.75) is 13.3 Å². The molecule has 1 aliphatic heterocycles. The van der Waals surface area contributed by atoms with Gasteiger partial charge in [-0.05, 0) is 77.2 Å². The third-order valence-electron chi connectivity index (χ3n) is 13.1. The van der Waals surface area contributed by atoms with Crippen LogP contribution in [0.4, 0.5) is 0 Å². The van der Waals surface area contributed by atoms with Gasteiger partial charge in [0.25, 0.3) is 0 Å². The lowest BCUT2D eigenvalue weighted by Crippen LogP contribution is -2.07. The average Bonchev–Trinajstić information content (AvgIpc) is 3.96. The lowest BCUT2D eigenvalue weighted by atomic mass is 9.98. The van der Waals surface area contributed by atoms with Gasteiger partial charge < -0.3 is 13.6 Å². The van der Waals surface area contributed by atoms with Crippen LogP contribution in [0.3, 0.4) is 0 Å². The highest BCUT2D eigenvalue weighted by molar-refractivity contribution is 6.27. The van der Waals surface area contributed by atoms with Crippen LogP contribution in [0.2, 0.25) is 0 Å². The Balaban J connectivity index is 1.01. The zero-order valence-electron chi connectivity index (χ0n) is 35.6. The smallest absolute Gasteiger partial charge is 0.160 e. The van der Waals surface area contributed by atoms with Gasteiger partial charge in [0, 0.05) is 50.0 Å². The van der Waals surface area contributed by atoms with Gasteiger partial charge in [-0.3, -0.25) is 0 Å². The van der Waals surface area contributed by atoms with Crippen molar-refractivity contribution < 1.29 is 4.42 Å². The van der Waals surface area contributed by atoms with Gasteiger partial charge in [0.05, 0.1) is 39.2 Å². The molecule has 0 bridgehead atoms. The van der Waals surface area contributed by atoms with Crippen LogP contribution in [0.5, 0.6) is 0 Å². The van der Waals surface area contributed by atoms with E-state index in [4.69, 9.17) is 14.4 Å². The van der Waals surface area contributed by atoms with E-state index in [1.54, 1.807) is 0 Å². The molecule has 0 N–H and O–H groups in total. The minimum absolute atomic E-state index is 0.636. The highest BCUT2D eigenvalue weighted by Gasteiger charge is 2.24. The number of para-hydroxylation sites is 4. The molecule has 5 heteroatoms. The Bertz CT molecular complexity index is 3970. The summed E-state index contributed by atoms with van der Waals surface area (Å²) in [5, 5.41) is 7.06. The summed E-state index contributed by atoms with van der Waals surface area (Å²) in [7, 11) is 0. The molecule has 0 radical (unpaired) electrons. The van der Waals surface area contributed by atoms with Gasteiger partial charge in [0.1, 0.15) is 5.58 Å². The number of hydrogen-bond donors (Lipinski definition) is 0. The second kappa shape index (κ2) is 14.8. The van der Waals surface area contributed by atoms with Crippen molar-refractivity contribution in [1.82, 2.24) is 9.13 Å². The molecule has 306 valence electrons. The number of allylic oxidation sites excluding steroid dienone is 1. The summed E-state index contributed by atoms with van der Waals surface area (Å²) in [5.41, 5.74) is 16.9. The molecule has 0 atom stereocenters. The fraction of sp³-hybridized carbons (Fsp3) is 0.0333. The van der Waals surface area contributed by atoms with E-state index in [1.807, 2.05) is 12.1 Å². The second-order valence-corrected chi connectivity index (χ2v) is 16.9. The molecule has 4 heterocycles. The minimum Gasteiger partial charge on any atom is -0.454 e. The molecule has 9 aromatic carbocycles. The summed E-state index contributed by atoms with van der Waals surface area (Å²) in [6.07, 6.45) is 2.86. The number of fused-ring (bicyclic) bond motifs is 10. The first kappa shape index (κ1) is 37.1. The Morgan fingerprint density at radius 1 is 0.446 bits per heavy atom. The first-order chi connectivity index (χ1) is 32.2. The van der Waals surface area contributed by atoms with Crippen LogP contribution in [-0.2, 0) is 0 Å². The van der Waals surface area contributed by atoms with Gasteiger partial charge in [-0.2, -0.15) is 0 Å². The maximum Gasteiger partial charge on any atom is 0.160 e. The Labute approximate surface area is 375 Å². The van der Waals surface area contributed by atoms with E-state index >= 15 is 0 Å². The van der Waals surface area contributed by atoms with E-state index in [-0.39, 0.29) is 0 Å². The lowest BCUT2D eigenvalue weighted by molar-refractivity contribution is 0.666. The van der Waals surface area contributed by atoms with E-state index in [9.17, 15) is 0 Å². The molecule has 5 nitrogen and oxygen atoms in total. The standard InChI is InChI=1S/C60H40N4O/c1-38-37-41(50-34-33-49(40-19-6-3-7-20-40)61-60(62-50)47-24-9-8-21-42(47)39-17-4-2-5-18-39)31-35-51(38)64-52-27-13-10-22-43(52)45-32-36-54-57(58(45)64)48-25-11-14-28-53(48)63(54)55-29-16-26-46-44-23-12-15-30-56(44)65-59(46)55/h2-33,35-37H,34H2,1H3. The molecule has 1 aliphatic rings. The molecule has 0 amide bonds. The van der Waals surface area contributed by atoms with Crippen molar-refractivity contribution in [2.75, 3.05) is 0 Å².